The Morgan fingerprint density at radius 2 is 1.91 bits per heavy atom. The third-order valence-corrected chi connectivity index (χ3v) is 7.80. The minimum absolute atomic E-state index is 0.117. The second kappa shape index (κ2) is 4.99. The van der Waals surface area contributed by atoms with Gasteiger partial charge in [0.05, 0.1) is 12.7 Å². The van der Waals surface area contributed by atoms with E-state index in [1.807, 2.05) is 0 Å². The highest BCUT2D eigenvalue weighted by Crippen LogP contribution is 2.64. The Morgan fingerprint density at radius 1 is 1.13 bits per heavy atom. The molecule has 126 valence electrons. The van der Waals surface area contributed by atoms with Crippen LogP contribution in [0.15, 0.2) is 12.1 Å². The Bertz CT molecular complexity index is 633. The number of methoxy groups -OCH3 is 1. The van der Waals surface area contributed by atoms with Gasteiger partial charge < -0.3 is 9.84 Å². The van der Waals surface area contributed by atoms with Crippen LogP contribution in [0.4, 0.5) is 0 Å². The van der Waals surface area contributed by atoms with Crippen LogP contribution in [0.5, 0.6) is 5.75 Å². The molecule has 23 heavy (non-hydrogen) atoms. The van der Waals surface area contributed by atoms with Crippen LogP contribution in [-0.2, 0) is 6.42 Å². The molecule has 1 aromatic carbocycles. The Morgan fingerprint density at radius 3 is 2.65 bits per heavy atom. The van der Waals surface area contributed by atoms with Gasteiger partial charge in [-0.05, 0) is 104 Å². The van der Waals surface area contributed by atoms with Gasteiger partial charge in [-0.3, -0.25) is 0 Å². The second-order valence-corrected chi connectivity index (χ2v) is 8.70. The maximum atomic E-state index is 10.9. The molecule has 0 aromatic heterocycles. The molecular weight excluding hydrogens is 284 g/mol. The highest BCUT2D eigenvalue weighted by Gasteiger charge is 2.59. The lowest BCUT2D eigenvalue weighted by atomic mass is 9.53. The van der Waals surface area contributed by atoms with Crippen molar-refractivity contribution >= 4 is 0 Å². The molecule has 0 bridgehead atoms. The molecule has 1 N–H and O–H groups in total. The van der Waals surface area contributed by atoms with Crippen LogP contribution in [0.3, 0.4) is 0 Å². The first-order valence-electron chi connectivity index (χ1n) is 9.27. The van der Waals surface area contributed by atoms with Crippen molar-refractivity contribution in [1.82, 2.24) is 0 Å². The van der Waals surface area contributed by atoms with Gasteiger partial charge in [-0.2, -0.15) is 0 Å². The van der Waals surface area contributed by atoms with Crippen molar-refractivity contribution < 1.29 is 9.84 Å². The molecule has 0 heterocycles. The van der Waals surface area contributed by atoms with Crippen molar-refractivity contribution in [1.29, 1.82) is 0 Å². The van der Waals surface area contributed by atoms with E-state index >= 15 is 0 Å². The second-order valence-electron chi connectivity index (χ2n) is 8.70. The zero-order valence-corrected chi connectivity index (χ0v) is 15.0. The van der Waals surface area contributed by atoms with Crippen molar-refractivity contribution in [2.24, 2.45) is 17.3 Å². The van der Waals surface area contributed by atoms with E-state index < -0.39 is 5.60 Å². The van der Waals surface area contributed by atoms with Crippen molar-refractivity contribution in [2.75, 3.05) is 7.11 Å². The summed E-state index contributed by atoms with van der Waals surface area (Å²) in [7, 11) is 1.76. The van der Waals surface area contributed by atoms with Gasteiger partial charge in [0, 0.05) is 0 Å². The molecule has 0 amide bonds. The predicted octanol–water partition coefficient (Wildman–Crippen LogP) is 4.61. The number of aliphatic hydroxyl groups is 1. The molecule has 0 spiro atoms. The first kappa shape index (κ1) is 15.5. The highest BCUT2D eigenvalue weighted by molar-refractivity contribution is 5.46. The molecule has 2 saturated carbocycles. The third kappa shape index (κ3) is 2.03. The fourth-order valence-corrected chi connectivity index (χ4v) is 6.30. The number of hydrogen-bond acceptors (Lipinski definition) is 2. The molecule has 0 unspecified atom stereocenters. The van der Waals surface area contributed by atoms with Crippen molar-refractivity contribution in [2.45, 2.75) is 70.8 Å². The fourth-order valence-electron chi connectivity index (χ4n) is 6.30. The summed E-state index contributed by atoms with van der Waals surface area (Å²) in [5.41, 5.74) is 4.17. The molecule has 2 nitrogen and oxygen atoms in total. The largest absolute Gasteiger partial charge is 0.497 e. The molecule has 4 rings (SSSR count). The van der Waals surface area contributed by atoms with E-state index in [1.165, 1.54) is 36.8 Å². The molecule has 0 saturated heterocycles. The first-order chi connectivity index (χ1) is 10.9. The van der Waals surface area contributed by atoms with Crippen LogP contribution < -0.4 is 4.74 Å². The minimum Gasteiger partial charge on any atom is -0.497 e. The first-order valence-corrected chi connectivity index (χ1v) is 9.27. The summed E-state index contributed by atoms with van der Waals surface area (Å²) in [6.45, 7) is 6.69. The summed E-state index contributed by atoms with van der Waals surface area (Å²) in [5.74, 6) is 3.13. The van der Waals surface area contributed by atoms with Crippen LogP contribution in [0, 0.1) is 24.2 Å². The van der Waals surface area contributed by atoms with E-state index in [2.05, 4.69) is 32.9 Å². The third-order valence-electron chi connectivity index (χ3n) is 7.80. The van der Waals surface area contributed by atoms with Gasteiger partial charge in [-0.25, -0.2) is 0 Å². The van der Waals surface area contributed by atoms with Gasteiger partial charge in [0.25, 0.3) is 0 Å². The Balaban J connectivity index is 1.73. The van der Waals surface area contributed by atoms with Gasteiger partial charge in [0.1, 0.15) is 5.75 Å². The summed E-state index contributed by atoms with van der Waals surface area (Å²) in [4.78, 5) is 0. The maximum Gasteiger partial charge on any atom is 0.119 e. The molecule has 0 aliphatic heterocycles. The van der Waals surface area contributed by atoms with E-state index in [1.54, 1.807) is 12.7 Å². The Labute approximate surface area is 140 Å². The summed E-state index contributed by atoms with van der Waals surface area (Å²) >= 11 is 0. The zero-order valence-electron chi connectivity index (χ0n) is 15.0. The van der Waals surface area contributed by atoms with Gasteiger partial charge in [-0.15, -0.1) is 0 Å². The van der Waals surface area contributed by atoms with E-state index in [-0.39, 0.29) is 5.41 Å². The molecule has 2 heteroatoms. The quantitative estimate of drug-likeness (QED) is 0.820. The smallest absolute Gasteiger partial charge is 0.119 e. The average molecular weight is 314 g/mol. The van der Waals surface area contributed by atoms with E-state index in [0.29, 0.717) is 11.8 Å². The van der Waals surface area contributed by atoms with E-state index in [9.17, 15) is 5.11 Å². The molecular formula is C21H30O2. The molecule has 0 radical (unpaired) electrons. The van der Waals surface area contributed by atoms with Gasteiger partial charge >= 0.3 is 0 Å². The predicted molar refractivity (Wildman–Crippen MR) is 93.0 cm³/mol. The zero-order chi connectivity index (χ0) is 16.4. The lowest BCUT2D eigenvalue weighted by molar-refractivity contribution is -0.0902. The number of rotatable bonds is 1. The SMILES string of the molecule is COc1cc(C)c2c(c1)CC[C@H]1[C@H]3CC[C@](C)(O)[C@]3(C)CC[C@@H]21. The molecule has 3 aliphatic rings. The molecule has 3 aliphatic carbocycles. The van der Waals surface area contributed by atoms with Crippen molar-refractivity contribution in [3.63, 3.8) is 0 Å². The van der Waals surface area contributed by atoms with E-state index in [4.69, 9.17) is 4.74 Å². The summed E-state index contributed by atoms with van der Waals surface area (Å²) in [5, 5.41) is 10.9. The standard InChI is InChI=1S/C21H30O2/c1-13-11-15(23-4)12-14-5-6-16-17(19(13)14)7-9-20(2)18(16)8-10-21(20,3)22/h11-12,16-18,22H,5-10H2,1-4H3/t16-,17-,18-,20-,21+/m1/s1. The van der Waals surface area contributed by atoms with Crippen LogP contribution in [-0.4, -0.2) is 17.8 Å². The van der Waals surface area contributed by atoms with Crippen LogP contribution in [0.25, 0.3) is 0 Å². The van der Waals surface area contributed by atoms with Crippen molar-refractivity contribution in [3.05, 3.63) is 28.8 Å². The number of benzene rings is 1. The Hall–Kier alpha value is -1.02. The number of ether oxygens (including phenoxy) is 1. The molecule has 1 aromatic rings. The summed E-state index contributed by atoms with van der Waals surface area (Å²) in [6.07, 6.45) is 7.02. The van der Waals surface area contributed by atoms with Crippen LogP contribution in [0.2, 0.25) is 0 Å². The monoisotopic (exact) mass is 314 g/mol. The maximum absolute atomic E-state index is 10.9. The summed E-state index contributed by atoms with van der Waals surface area (Å²) < 4.78 is 5.48. The van der Waals surface area contributed by atoms with Gasteiger partial charge in [0.2, 0.25) is 0 Å². The summed E-state index contributed by atoms with van der Waals surface area (Å²) in [6, 6.07) is 4.47. The van der Waals surface area contributed by atoms with Crippen LogP contribution in [0.1, 0.15) is 68.6 Å². The molecule has 5 atom stereocenters. The van der Waals surface area contributed by atoms with E-state index in [0.717, 1.165) is 24.5 Å². The van der Waals surface area contributed by atoms with Crippen molar-refractivity contribution in [3.8, 4) is 5.75 Å². The Kier molecular flexibility index (Phi) is 3.36. The molecule has 2 fully saturated rings. The fraction of sp³-hybridized carbons (Fsp3) is 0.714. The number of fused-ring (bicyclic) bond motifs is 5. The number of aryl methyl sites for hydroxylation is 2. The van der Waals surface area contributed by atoms with Crippen LogP contribution >= 0.6 is 0 Å². The van der Waals surface area contributed by atoms with Gasteiger partial charge in [0.15, 0.2) is 0 Å². The lowest BCUT2D eigenvalue weighted by Crippen LogP contribution is -2.49. The van der Waals surface area contributed by atoms with Gasteiger partial charge in [-0.1, -0.05) is 6.92 Å². The average Bonchev–Trinajstić information content (AvgIpc) is 2.76. The topological polar surface area (TPSA) is 29.5 Å². The number of hydrogen-bond donors (Lipinski definition) is 1. The lowest BCUT2D eigenvalue weighted by Gasteiger charge is -2.53. The minimum atomic E-state index is -0.474. The normalized spacial score (nSPS) is 41.9. The highest BCUT2D eigenvalue weighted by atomic mass is 16.5.